The number of piperidine rings is 1. The van der Waals surface area contributed by atoms with Crippen molar-refractivity contribution < 1.29 is 22.5 Å². The molecule has 4 heterocycles. The Hall–Kier alpha value is -1.10. The van der Waals surface area contributed by atoms with Crippen LogP contribution in [-0.4, -0.2) is 78.6 Å². The molecule has 3 saturated heterocycles. The molecule has 0 spiro atoms. The molecule has 4 rings (SSSR count). The SMILES string of the molecule is Cc1noc(C)c1S(=O)(=O)N1CCC(C(=O)N(CC2CCCO2)C2CCSC2)CC1. The van der Waals surface area contributed by atoms with Crippen LogP contribution in [0.25, 0.3) is 0 Å². The summed E-state index contributed by atoms with van der Waals surface area (Å²) in [6.45, 7) is 5.39. The summed E-state index contributed by atoms with van der Waals surface area (Å²) in [5.41, 5.74) is 0.382. The van der Waals surface area contributed by atoms with Crippen LogP contribution in [0.2, 0.25) is 0 Å². The summed E-state index contributed by atoms with van der Waals surface area (Å²) in [5.74, 6) is 2.43. The summed E-state index contributed by atoms with van der Waals surface area (Å²) < 4.78 is 38.4. The Balaban J connectivity index is 1.42. The van der Waals surface area contributed by atoms with E-state index in [1.165, 1.54) is 4.31 Å². The fraction of sp³-hybridized carbons (Fsp3) is 0.800. The monoisotopic (exact) mass is 457 g/mol. The van der Waals surface area contributed by atoms with Crippen molar-refractivity contribution in [2.24, 2.45) is 5.92 Å². The summed E-state index contributed by atoms with van der Waals surface area (Å²) in [4.78, 5) is 15.7. The van der Waals surface area contributed by atoms with Crippen LogP contribution >= 0.6 is 11.8 Å². The zero-order valence-corrected chi connectivity index (χ0v) is 19.3. The van der Waals surface area contributed by atoms with Crippen LogP contribution < -0.4 is 0 Å². The number of nitrogens with zero attached hydrogens (tertiary/aromatic N) is 3. The van der Waals surface area contributed by atoms with E-state index in [-0.39, 0.29) is 28.9 Å². The molecule has 30 heavy (non-hydrogen) atoms. The second-order valence-corrected chi connectivity index (χ2v) is 11.5. The summed E-state index contributed by atoms with van der Waals surface area (Å²) in [6, 6.07) is 0.274. The first-order valence-corrected chi connectivity index (χ1v) is 13.4. The molecule has 2 atom stereocenters. The molecule has 168 valence electrons. The van der Waals surface area contributed by atoms with Gasteiger partial charge < -0.3 is 14.2 Å². The minimum absolute atomic E-state index is 0.131. The fourth-order valence-corrected chi connectivity index (χ4v) is 7.73. The van der Waals surface area contributed by atoms with Crippen LogP contribution in [0.5, 0.6) is 0 Å². The minimum atomic E-state index is -3.65. The molecule has 3 fully saturated rings. The van der Waals surface area contributed by atoms with E-state index in [2.05, 4.69) is 10.1 Å². The smallest absolute Gasteiger partial charge is 0.248 e. The van der Waals surface area contributed by atoms with Gasteiger partial charge in [-0.05, 0) is 51.7 Å². The van der Waals surface area contributed by atoms with Gasteiger partial charge in [0.1, 0.15) is 10.6 Å². The van der Waals surface area contributed by atoms with Crippen LogP contribution in [-0.2, 0) is 19.6 Å². The Kier molecular flexibility index (Phi) is 6.76. The van der Waals surface area contributed by atoms with E-state index < -0.39 is 10.0 Å². The lowest BCUT2D eigenvalue weighted by Crippen LogP contribution is -2.50. The number of amides is 1. The highest BCUT2D eigenvalue weighted by molar-refractivity contribution is 7.99. The molecule has 3 aliphatic heterocycles. The molecule has 0 aliphatic carbocycles. The number of sulfonamides is 1. The van der Waals surface area contributed by atoms with Crippen molar-refractivity contribution >= 4 is 27.7 Å². The number of hydrogen-bond acceptors (Lipinski definition) is 7. The maximum Gasteiger partial charge on any atom is 0.248 e. The molecular weight excluding hydrogens is 426 g/mol. The van der Waals surface area contributed by atoms with E-state index in [0.717, 1.165) is 37.4 Å². The first-order chi connectivity index (χ1) is 14.4. The van der Waals surface area contributed by atoms with Crippen LogP contribution in [0, 0.1) is 19.8 Å². The first kappa shape index (κ1) is 22.1. The van der Waals surface area contributed by atoms with Crippen LogP contribution in [0.4, 0.5) is 0 Å². The lowest BCUT2D eigenvalue weighted by molar-refractivity contribution is -0.140. The van der Waals surface area contributed by atoms with Gasteiger partial charge in [0.15, 0.2) is 5.76 Å². The summed E-state index contributed by atoms with van der Waals surface area (Å²) in [6.07, 6.45) is 4.33. The molecule has 0 N–H and O–H groups in total. The third kappa shape index (κ3) is 4.42. The predicted molar refractivity (Wildman–Crippen MR) is 114 cm³/mol. The van der Waals surface area contributed by atoms with Gasteiger partial charge in [0, 0.05) is 44.0 Å². The van der Waals surface area contributed by atoms with Crippen molar-refractivity contribution in [3.63, 3.8) is 0 Å². The van der Waals surface area contributed by atoms with Gasteiger partial charge in [-0.2, -0.15) is 16.1 Å². The maximum atomic E-state index is 13.4. The van der Waals surface area contributed by atoms with Crippen LogP contribution in [0.1, 0.15) is 43.6 Å². The second kappa shape index (κ2) is 9.18. The quantitative estimate of drug-likeness (QED) is 0.646. The largest absolute Gasteiger partial charge is 0.376 e. The number of hydrogen-bond donors (Lipinski definition) is 0. The zero-order chi connectivity index (χ0) is 21.3. The van der Waals surface area contributed by atoms with Crippen molar-refractivity contribution in [3.8, 4) is 0 Å². The van der Waals surface area contributed by atoms with E-state index in [1.807, 2.05) is 11.8 Å². The average Bonchev–Trinajstić information content (AvgIpc) is 3.49. The van der Waals surface area contributed by atoms with Gasteiger partial charge >= 0.3 is 0 Å². The van der Waals surface area contributed by atoms with Gasteiger partial charge in [-0.15, -0.1) is 0 Å². The van der Waals surface area contributed by atoms with Gasteiger partial charge in [0.05, 0.1) is 6.10 Å². The van der Waals surface area contributed by atoms with Crippen molar-refractivity contribution in [3.05, 3.63) is 11.5 Å². The molecule has 0 saturated carbocycles. The van der Waals surface area contributed by atoms with Crippen molar-refractivity contribution in [2.75, 3.05) is 37.7 Å². The zero-order valence-electron chi connectivity index (χ0n) is 17.7. The molecule has 1 aromatic rings. The average molecular weight is 458 g/mol. The third-order valence-electron chi connectivity index (χ3n) is 6.42. The van der Waals surface area contributed by atoms with E-state index >= 15 is 0 Å². The summed E-state index contributed by atoms with van der Waals surface area (Å²) >= 11 is 1.90. The highest BCUT2D eigenvalue weighted by Crippen LogP contribution is 2.31. The molecule has 2 unspecified atom stereocenters. The van der Waals surface area contributed by atoms with E-state index in [1.54, 1.807) is 13.8 Å². The topological polar surface area (TPSA) is 93.0 Å². The number of carbonyl (C=O) groups excluding carboxylic acids is 1. The molecule has 3 aliphatic rings. The van der Waals surface area contributed by atoms with E-state index in [0.29, 0.717) is 43.9 Å². The van der Waals surface area contributed by atoms with Crippen LogP contribution in [0.15, 0.2) is 9.42 Å². The molecule has 1 amide bonds. The lowest BCUT2D eigenvalue weighted by atomic mass is 9.95. The molecular formula is C20H31N3O5S2. The molecule has 8 nitrogen and oxygen atoms in total. The highest BCUT2D eigenvalue weighted by atomic mass is 32.2. The van der Waals surface area contributed by atoms with Gasteiger partial charge in [-0.25, -0.2) is 8.42 Å². The first-order valence-electron chi connectivity index (χ1n) is 10.8. The number of ether oxygens (including phenoxy) is 1. The normalized spacial score (nSPS) is 26.3. The van der Waals surface area contributed by atoms with Gasteiger partial charge in [0.2, 0.25) is 15.9 Å². The Morgan fingerprint density at radius 1 is 1.23 bits per heavy atom. The number of aryl methyl sites for hydroxylation is 2. The summed E-state index contributed by atoms with van der Waals surface area (Å²) in [5, 5.41) is 3.78. The van der Waals surface area contributed by atoms with Gasteiger partial charge in [-0.3, -0.25) is 4.79 Å². The van der Waals surface area contributed by atoms with Crippen LogP contribution in [0.3, 0.4) is 0 Å². The van der Waals surface area contributed by atoms with Crippen molar-refractivity contribution in [1.29, 1.82) is 0 Å². The Bertz CT molecular complexity index is 832. The van der Waals surface area contributed by atoms with Crippen molar-refractivity contribution in [1.82, 2.24) is 14.4 Å². The fourth-order valence-electron chi connectivity index (χ4n) is 4.74. The van der Waals surface area contributed by atoms with Gasteiger partial charge in [0.25, 0.3) is 0 Å². The van der Waals surface area contributed by atoms with Gasteiger partial charge in [-0.1, -0.05) is 5.16 Å². The van der Waals surface area contributed by atoms with Crippen molar-refractivity contribution in [2.45, 2.75) is 63.0 Å². The van der Waals surface area contributed by atoms with E-state index in [4.69, 9.17) is 9.26 Å². The maximum absolute atomic E-state index is 13.4. The highest BCUT2D eigenvalue weighted by Gasteiger charge is 2.39. The van der Waals surface area contributed by atoms with E-state index in [9.17, 15) is 13.2 Å². The Morgan fingerprint density at radius 2 is 2.00 bits per heavy atom. The Labute approximate surface area is 182 Å². The number of aromatic nitrogens is 1. The minimum Gasteiger partial charge on any atom is -0.376 e. The molecule has 1 aromatic heterocycles. The molecule has 0 aromatic carbocycles. The number of rotatable bonds is 6. The molecule has 10 heteroatoms. The lowest BCUT2D eigenvalue weighted by Gasteiger charge is -2.37. The number of carbonyl (C=O) groups is 1. The molecule has 0 bridgehead atoms. The standard InChI is InChI=1S/C20H31N3O5S2/c1-14-19(15(2)28-21-14)30(25,26)22-8-5-16(6-9-22)20(24)23(17-7-11-29-13-17)12-18-4-3-10-27-18/h16-18H,3-13H2,1-2H3. The third-order valence-corrected chi connectivity index (χ3v) is 9.71. The molecule has 0 radical (unpaired) electrons. The second-order valence-electron chi connectivity index (χ2n) is 8.47. The predicted octanol–water partition coefficient (Wildman–Crippen LogP) is 2.21. The Morgan fingerprint density at radius 3 is 2.57 bits per heavy atom. The summed E-state index contributed by atoms with van der Waals surface area (Å²) in [7, 11) is -3.65. The number of thioether (sulfide) groups is 1.